The smallest absolute Gasteiger partial charge is 0.190 e. The van der Waals surface area contributed by atoms with Crippen LogP contribution in [0.3, 0.4) is 0 Å². The Balaban J connectivity index is 2.29. The third-order valence-corrected chi connectivity index (χ3v) is 2.51. The largest absolute Gasteiger partial charge is 0.485 e. The van der Waals surface area contributed by atoms with Gasteiger partial charge in [0.15, 0.2) is 23.4 Å². The normalized spacial score (nSPS) is 19.1. The summed E-state index contributed by atoms with van der Waals surface area (Å²) < 4.78 is 11.8. The Labute approximate surface area is 90.1 Å². The number of ketones is 1. The number of fused-ring (bicyclic) bond motifs is 1. The summed E-state index contributed by atoms with van der Waals surface area (Å²) in [5, 5.41) is 0. The van der Waals surface area contributed by atoms with Gasteiger partial charge in [-0.3, -0.25) is 4.79 Å². The van der Waals surface area contributed by atoms with E-state index in [4.69, 9.17) is 9.47 Å². The number of benzene rings is 1. The molecule has 0 saturated heterocycles. The summed E-state index contributed by atoms with van der Waals surface area (Å²) in [6.45, 7) is 1.79. The van der Waals surface area contributed by atoms with Crippen LogP contribution in [0.4, 0.5) is 0 Å². The predicted molar refractivity (Wildman–Crippen MR) is 54.7 cm³/mol. The Hall–Kier alpha value is -1.03. The van der Waals surface area contributed by atoms with Crippen molar-refractivity contribution < 1.29 is 14.3 Å². The van der Waals surface area contributed by atoms with E-state index in [0.29, 0.717) is 18.1 Å². The van der Waals surface area contributed by atoms with Crippen molar-refractivity contribution in [1.82, 2.24) is 0 Å². The lowest BCUT2D eigenvalue weighted by molar-refractivity contribution is -0.125. The molecule has 0 N–H and O–H groups in total. The minimum atomic E-state index is -0.475. The second kappa shape index (κ2) is 3.61. The van der Waals surface area contributed by atoms with E-state index in [1.807, 2.05) is 12.1 Å². The number of carbonyl (C=O) groups excluding carboxylic acids is 1. The maximum absolute atomic E-state index is 11.1. The second-order valence-electron chi connectivity index (χ2n) is 3.12. The molecule has 0 amide bonds. The molecule has 1 aliphatic heterocycles. The van der Waals surface area contributed by atoms with E-state index in [1.165, 1.54) is 6.92 Å². The van der Waals surface area contributed by atoms with Crippen molar-refractivity contribution in [3.63, 3.8) is 0 Å². The van der Waals surface area contributed by atoms with E-state index in [-0.39, 0.29) is 5.78 Å². The molecule has 14 heavy (non-hydrogen) atoms. The number of hydrogen-bond donors (Lipinski definition) is 0. The molecule has 74 valence electrons. The van der Waals surface area contributed by atoms with Gasteiger partial charge in [0.2, 0.25) is 0 Å². The zero-order valence-electron chi connectivity index (χ0n) is 7.62. The molecule has 1 heterocycles. The Kier molecular flexibility index (Phi) is 2.46. The Bertz CT molecular complexity index is 376. The third-order valence-electron chi connectivity index (χ3n) is 2.02. The first-order valence-electron chi connectivity index (χ1n) is 4.26. The molecule has 0 spiro atoms. The van der Waals surface area contributed by atoms with Gasteiger partial charge in [-0.25, -0.2) is 0 Å². The highest BCUT2D eigenvalue weighted by atomic mass is 79.9. The van der Waals surface area contributed by atoms with E-state index in [1.54, 1.807) is 6.07 Å². The molecule has 0 fully saturated rings. The lowest BCUT2D eigenvalue weighted by Crippen LogP contribution is -2.34. The van der Waals surface area contributed by atoms with Gasteiger partial charge in [0, 0.05) is 4.47 Å². The van der Waals surface area contributed by atoms with Crippen LogP contribution in [0, 0.1) is 0 Å². The third kappa shape index (κ3) is 1.75. The van der Waals surface area contributed by atoms with Crippen LogP contribution in [-0.2, 0) is 4.79 Å². The quantitative estimate of drug-likeness (QED) is 0.773. The van der Waals surface area contributed by atoms with Crippen molar-refractivity contribution in [1.29, 1.82) is 0 Å². The molecule has 1 aliphatic rings. The summed E-state index contributed by atoms with van der Waals surface area (Å²) in [6, 6.07) is 5.48. The minimum Gasteiger partial charge on any atom is -0.485 e. The van der Waals surface area contributed by atoms with Crippen molar-refractivity contribution in [2.75, 3.05) is 6.61 Å². The number of halogens is 1. The van der Waals surface area contributed by atoms with Crippen molar-refractivity contribution in [3.05, 3.63) is 22.7 Å². The summed E-state index contributed by atoms with van der Waals surface area (Å²) in [5.41, 5.74) is 0. The number of hydrogen-bond acceptors (Lipinski definition) is 3. The second-order valence-corrected chi connectivity index (χ2v) is 4.03. The van der Waals surface area contributed by atoms with E-state index in [0.717, 1.165) is 4.47 Å². The maximum Gasteiger partial charge on any atom is 0.190 e. The van der Waals surface area contributed by atoms with Crippen LogP contribution in [0.15, 0.2) is 22.7 Å². The maximum atomic E-state index is 11.1. The van der Waals surface area contributed by atoms with Crippen LogP contribution in [-0.4, -0.2) is 18.5 Å². The molecule has 0 bridgehead atoms. The van der Waals surface area contributed by atoms with Crippen LogP contribution < -0.4 is 9.47 Å². The molecule has 0 saturated carbocycles. The Morgan fingerprint density at radius 3 is 3.00 bits per heavy atom. The molecular weight excluding hydrogens is 248 g/mol. The van der Waals surface area contributed by atoms with Gasteiger partial charge in [0.05, 0.1) is 0 Å². The molecule has 4 heteroatoms. The van der Waals surface area contributed by atoms with Gasteiger partial charge in [0.1, 0.15) is 6.61 Å². The number of Topliss-reactive ketones (excluding diaryl/α,β-unsaturated/α-hetero) is 1. The summed E-state index contributed by atoms with van der Waals surface area (Å²) in [4.78, 5) is 11.1. The zero-order chi connectivity index (χ0) is 10.1. The molecule has 1 aromatic rings. The fourth-order valence-corrected chi connectivity index (χ4v) is 1.59. The minimum absolute atomic E-state index is 0.0179. The first kappa shape index (κ1) is 9.52. The van der Waals surface area contributed by atoms with E-state index in [9.17, 15) is 4.79 Å². The summed E-state index contributed by atoms with van der Waals surface area (Å²) in [7, 11) is 0. The Morgan fingerprint density at radius 1 is 1.50 bits per heavy atom. The monoisotopic (exact) mass is 256 g/mol. The average molecular weight is 257 g/mol. The molecular formula is C10H9BrO3. The summed E-state index contributed by atoms with van der Waals surface area (Å²) in [5.74, 6) is 1.28. The molecule has 3 nitrogen and oxygen atoms in total. The van der Waals surface area contributed by atoms with Gasteiger partial charge in [0.25, 0.3) is 0 Å². The molecule has 1 atom stereocenters. The van der Waals surface area contributed by atoms with Crippen molar-refractivity contribution in [3.8, 4) is 11.5 Å². The van der Waals surface area contributed by atoms with Crippen molar-refractivity contribution >= 4 is 21.7 Å². The molecule has 2 rings (SSSR count). The highest BCUT2D eigenvalue weighted by Gasteiger charge is 2.24. The summed E-state index contributed by atoms with van der Waals surface area (Å²) in [6.07, 6.45) is -0.475. The molecule has 0 radical (unpaired) electrons. The summed E-state index contributed by atoms with van der Waals surface area (Å²) >= 11 is 3.33. The lowest BCUT2D eigenvalue weighted by atomic mass is 10.2. The van der Waals surface area contributed by atoms with Gasteiger partial charge >= 0.3 is 0 Å². The van der Waals surface area contributed by atoms with Gasteiger partial charge in [-0.05, 0) is 25.1 Å². The molecule has 1 unspecified atom stereocenters. The van der Waals surface area contributed by atoms with Crippen molar-refractivity contribution in [2.45, 2.75) is 13.0 Å². The Morgan fingerprint density at radius 2 is 2.29 bits per heavy atom. The highest BCUT2D eigenvalue weighted by Crippen LogP contribution is 2.34. The number of rotatable bonds is 1. The van der Waals surface area contributed by atoms with E-state index >= 15 is 0 Å². The SMILES string of the molecule is CC(=O)C1COc2ccc(Br)cc2O1. The lowest BCUT2D eigenvalue weighted by Gasteiger charge is -2.24. The predicted octanol–water partition coefficient (Wildman–Crippen LogP) is 2.18. The zero-order valence-corrected chi connectivity index (χ0v) is 9.21. The first-order chi connectivity index (χ1) is 6.66. The fraction of sp³-hybridized carbons (Fsp3) is 0.300. The van der Waals surface area contributed by atoms with Crippen LogP contribution in [0.25, 0.3) is 0 Å². The fourth-order valence-electron chi connectivity index (χ4n) is 1.25. The molecule has 0 aliphatic carbocycles. The van der Waals surface area contributed by atoms with Gasteiger partial charge in [-0.2, -0.15) is 0 Å². The topological polar surface area (TPSA) is 35.5 Å². The average Bonchev–Trinajstić information content (AvgIpc) is 2.16. The highest BCUT2D eigenvalue weighted by molar-refractivity contribution is 9.10. The van der Waals surface area contributed by atoms with E-state index in [2.05, 4.69) is 15.9 Å². The van der Waals surface area contributed by atoms with Gasteiger partial charge < -0.3 is 9.47 Å². The molecule has 0 aromatic heterocycles. The first-order valence-corrected chi connectivity index (χ1v) is 5.05. The van der Waals surface area contributed by atoms with Crippen LogP contribution in [0.1, 0.15) is 6.92 Å². The van der Waals surface area contributed by atoms with Gasteiger partial charge in [-0.15, -0.1) is 0 Å². The number of ether oxygens (including phenoxy) is 2. The molecule has 1 aromatic carbocycles. The standard InChI is InChI=1S/C10H9BrO3/c1-6(12)10-5-13-8-3-2-7(11)4-9(8)14-10/h2-4,10H,5H2,1H3. The van der Waals surface area contributed by atoms with Crippen molar-refractivity contribution in [2.24, 2.45) is 0 Å². The van der Waals surface area contributed by atoms with E-state index < -0.39 is 6.10 Å². The van der Waals surface area contributed by atoms with Crippen LogP contribution in [0.2, 0.25) is 0 Å². The van der Waals surface area contributed by atoms with Gasteiger partial charge in [-0.1, -0.05) is 15.9 Å². The number of carbonyl (C=O) groups is 1. The van der Waals surface area contributed by atoms with Crippen LogP contribution in [0.5, 0.6) is 11.5 Å². The van der Waals surface area contributed by atoms with Crippen LogP contribution >= 0.6 is 15.9 Å².